The van der Waals surface area contributed by atoms with Gasteiger partial charge in [0.15, 0.2) is 0 Å². The first-order valence-electron chi connectivity index (χ1n) is 9.03. The van der Waals surface area contributed by atoms with E-state index in [1.54, 1.807) is 18.3 Å². The molecule has 0 aliphatic carbocycles. The standard InChI is InChI=1S/C19H22ClN3O3S2/c1-27-18-9-7-15(13-21-18)22-19(24)14-6-8-16(20)17(12-14)28(25,26)23-10-4-2-3-5-11-23/h6-9,12-13H,2-5,10-11H2,1H3,(H,22,24). The minimum atomic E-state index is -3.75. The zero-order valence-electron chi connectivity index (χ0n) is 15.5. The SMILES string of the molecule is CSc1ccc(NC(=O)c2ccc(Cl)c(S(=O)(=O)N3CCCCCC3)c2)cn1. The van der Waals surface area contributed by atoms with Crippen molar-refractivity contribution in [3.8, 4) is 0 Å². The average molecular weight is 440 g/mol. The van der Waals surface area contributed by atoms with Gasteiger partial charge < -0.3 is 5.32 Å². The summed E-state index contributed by atoms with van der Waals surface area (Å²) in [5.74, 6) is -0.414. The summed E-state index contributed by atoms with van der Waals surface area (Å²) >= 11 is 7.69. The van der Waals surface area contributed by atoms with E-state index in [0.717, 1.165) is 30.7 Å². The first kappa shape index (κ1) is 21.1. The Hall–Kier alpha value is -1.61. The highest BCUT2D eigenvalue weighted by atomic mass is 35.5. The second-order valence-corrected chi connectivity index (χ2v) is 9.65. The number of carbonyl (C=O) groups is 1. The number of anilines is 1. The molecule has 1 N–H and O–H groups in total. The third-order valence-corrected chi connectivity index (χ3v) is 7.62. The van der Waals surface area contributed by atoms with E-state index in [9.17, 15) is 13.2 Å². The van der Waals surface area contributed by atoms with E-state index in [1.165, 1.54) is 34.3 Å². The van der Waals surface area contributed by atoms with Gasteiger partial charge in [-0.05, 0) is 49.4 Å². The highest BCUT2D eigenvalue weighted by Crippen LogP contribution is 2.28. The van der Waals surface area contributed by atoms with Gasteiger partial charge in [-0.2, -0.15) is 4.31 Å². The van der Waals surface area contributed by atoms with Gasteiger partial charge in [0, 0.05) is 18.7 Å². The summed E-state index contributed by atoms with van der Waals surface area (Å²) in [5.41, 5.74) is 0.765. The zero-order chi connectivity index (χ0) is 20.1. The summed E-state index contributed by atoms with van der Waals surface area (Å²) in [4.78, 5) is 16.8. The number of nitrogens with one attached hydrogen (secondary N) is 1. The monoisotopic (exact) mass is 439 g/mol. The highest BCUT2D eigenvalue weighted by molar-refractivity contribution is 7.98. The average Bonchev–Trinajstić information content (AvgIpc) is 2.99. The maximum Gasteiger partial charge on any atom is 0.255 e. The number of aromatic nitrogens is 1. The molecule has 1 fully saturated rings. The molecular weight excluding hydrogens is 418 g/mol. The number of halogens is 1. The number of pyridine rings is 1. The number of amides is 1. The van der Waals surface area contributed by atoms with Gasteiger partial charge in [-0.25, -0.2) is 13.4 Å². The molecule has 1 saturated heterocycles. The fourth-order valence-corrected chi connectivity index (χ4v) is 5.42. The van der Waals surface area contributed by atoms with Gasteiger partial charge in [0.25, 0.3) is 5.91 Å². The number of thioether (sulfide) groups is 1. The minimum Gasteiger partial charge on any atom is -0.321 e. The molecule has 28 heavy (non-hydrogen) atoms. The molecule has 2 aromatic rings. The van der Waals surface area contributed by atoms with Crippen molar-refractivity contribution in [1.82, 2.24) is 9.29 Å². The van der Waals surface area contributed by atoms with E-state index in [2.05, 4.69) is 10.3 Å². The Morgan fingerprint density at radius 2 is 1.86 bits per heavy atom. The van der Waals surface area contributed by atoms with Gasteiger partial charge in [-0.1, -0.05) is 24.4 Å². The van der Waals surface area contributed by atoms with Gasteiger partial charge in [0.1, 0.15) is 4.90 Å². The van der Waals surface area contributed by atoms with Crippen molar-refractivity contribution < 1.29 is 13.2 Å². The zero-order valence-corrected chi connectivity index (χ0v) is 17.9. The van der Waals surface area contributed by atoms with Crippen molar-refractivity contribution in [2.24, 2.45) is 0 Å². The molecule has 1 aromatic heterocycles. The van der Waals surface area contributed by atoms with Crippen LogP contribution < -0.4 is 5.32 Å². The van der Waals surface area contributed by atoms with Crippen LogP contribution in [0.2, 0.25) is 5.02 Å². The number of hydrogen-bond acceptors (Lipinski definition) is 5. The van der Waals surface area contributed by atoms with E-state index < -0.39 is 15.9 Å². The lowest BCUT2D eigenvalue weighted by molar-refractivity contribution is 0.102. The predicted molar refractivity (Wildman–Crippen MR) is 113 cm³/mol. The molecule has 6 nitrogen and oxygen atoms in total. The number of nitrogens with zero attached hydrogens (tertiary/aromatic N) is 2. The van der Waals surface area contributed by atoms with E-state index in [4.69, 9.17) is 11.6 Å². The number of carbonyl (C=O) groups excluding carboxylic acids is 1. The Kier molecular flexibility index (Phi) is 6.98. The molecule has 1 amide bonds. The minimum absolute atomic E-state index is 0.0282. The van der Waals surface area contributed by atoms with Gasteiger partial charge in [0.2, 0.25) is 10.0 Å². The molecule has 1 aliphatic heterocycles. The fourth-order valence-electron chi connectivity index (χ4n) is 3.04. The third kappa shape index (κ3) is 4.86. The van der Waals surface area contributed by atoms with Crippen molar-refractivity contribution in [2.45, 2.75) is 35.6 Å². The van der Waals surface area contributed by atoms with Crippen molar-refractivity contribution in [1.29, 1.82) is 0 Å². The quantitative estimate of drug-likeness (QED) is 0.703. The molecule has 1 aromatic carbocycles. The van der Waals surface area contributed by atoms with E-state index >= 15 is 0 Å². The van der Waals surface area contributed by atoms with Crippen LogP contribution in [0.5, 0.6) is 0 Å². The maximum absolute atomic E-state index is 13.1. The molecule has 1 aliphatic rings. The van der Waals surface area contributed by atoms with E-state index in [0.29, 0.717) is 18.8 Å². The Labute approximate surface area is 174 Å². The molecule has 0 saturated carbocycles. The van der Waals surface area contributed by atoms with Crippen LogP contribution in [0.15, 0.2) is 46.5 Å². The fraction of sp³-hybridized carbons (Fsp3) is 0.368. The summed E-state index contributed by atoms with van der Waals surface area (Å²) in [7, 11) is -3.75. The summed E-state index contributed by atoms with van der Waals surface area (Å²) < 4.78 is 27.6. The van der Waals surface area contributed by atoms with E-state index in [-0.39, 0.29) is 15.5 Å². The third-order valence-electron chi connectivity index (χ3n) is 4.58. The molecule has 0 radical (unpaired) electrons. The second kappa shape index (κ2) is 9.26. The lowest BCUT2D eigenvalue weighted by atomic mass is 10.2. The predicted octanol–water partition coefficient (Wildman–Crippen LogP) is 4.27. The van der Waals surface area contributed by atoms with Gasteiger partial charge >= 0.3 is 0 Å². The van der Waals surface area contributed by atoms with E-state index in [1.807, 2.05) is 6.26 Å². The van der Waals surface area contributed by atoms with Crippen molar-refractivity contribution in [2.75, 3.05) is 24.7 Å². The summed E-state index contributed by atoms with van der Waals surface area (Å²) in [5, 5.41) is 3.70. The smallest absolute Gasteiger partial charge is 0.255 e. The largest absolute Gasteiger partial charge is 0.321 e. The molecule has 0 unspecified atom stereocenters. The van der Waals surface area contributed by atoms with Gasteiger partial charge in [0.05, 0.1) is 21.9 Å². The van der Waals surface area contributed by atoms with Crippen LogP contribution in [0.25, 0.3) is 0 Å². The van der Waals surface area contributed by atoms with Crippen LogP contribution in [-0.2, 0) is 10.0 Å². The molecule has 150 valence electrons. The summed E-state index contributed by atoms with van der Waals surface area (Å²) in [6, 6.07) is 7.87. The molecule has 2 heterocycles. The normalized spacial score (nSPS) is 15.8. The lowest BCUT2D eigenvalue weighted by Crippen LogP contribution is -2.32. The Morgan fingerprint density at radius 3 is 2.46 bits per heavy atom. The number of hydrogen-bond donors (Lipinski definition) is 1. The second-order valence-electron chi connectivity index (χ2n) is 6.51. The Bertz CT molecular complexity index is 941. The number of benzene rings is 1. The summed E-state index contributed by atoms with van der Waals surface area (Å²) in [6.45, 7) is 0.949. The van der Waals surface area contributed by atoms with Crippen LogP contribution in [-0.4, -0.2) is 43.0 Å². The molecule has 0 atom stereocenters. The molecule has 9 heteroatoms. The molecule has 0 bridgehead atoms. The van der Waals surface area contributed by atoms with Crippen LogP contribution in [0.3, 0.4) is 0 Å². The molecular formula is C19H22ClN3O3S2. The first-order valence-corrected chi connectivity index (χ1v) is 12.1. The van der Waals surface area contributed by atoms with Crippen LogP contribution >= 0.6 is 23.4 Å². The van der Waals surface area contributed by atoms with Crippen molar-refractivity contribution in [3.05, 3.63) is 47.1 Å². The number of rotatable bonds is 5. The molecule has 3 rings (SSSR count). The van der Waals surface area contributed by atoms with Gasteiger partial charge in [-0.15, -0.1) is 11.8 Å². The van der Waals surface area contributed by atoms with Crippen LogP contribution in [0.1, 0.15) is 36.0 Å². The topological polar surface area (TPSA) is 79.4 Å². The lowest BCUT2D eigenvalue weighted by Gasteiger charge is -2.21. The Morgan fingerprint density at radius 1 is 1.14 bits per heavy atom. The summed E-state index contributed by atoms with van der Waals surface area (Å²) in [6.07, 6.45) is 7.18. The maximum atomic E-state index is 13.1. The van der Waals surface area contributed by atoms with Crippen molar-refractivity contribution in [3.63, 3.8) is 0 Å². The van der Waals surface area contributed by atoms with Crippen LogP contribution in [0.4, 0.5) is 5.69 Å². The highest BCUT2D eigenvalue weighted by Gasteiger charge is 2.28. The number of sulfonamides is 1. The van der Waals surface area contributed by atoms with Crippen molar-refractivity contribution >= 4 is 45.0 Å². The Balaban J connectivity index is 1.84. The van der Waals surface area contributed by atoms with Gasteiger partial charge in [-0.3, -0.25) is 4.79 Å². The molecule has 0 spiro atoms. The van der Waals surface area contributed by atoms with Crippen LogP contribution in [0, 0.1) is 0 Å². The first-order chi connectivity index (χ1) is 13.4.